The van der Waals surface area contributed by atoms with E-state index in [1.807, 2.05) is 94.1 Å². The molecule has 0 saturated carbocycles. The molecule has 4 aromatic heterocycles. The lowest BCUT2D eigenvalue weighted by Crippen LogP contribution is -2.07. The van der Waals surface area contributed by atoms with Crippen LogP contribution in [-0.2, 0) is 18.0 Å². The number of aromatic nitrogens is 6. The molecule has 0 atom stereocenters. The summed E-state index contributed by atoms with van der Waals surface area (Å²) in [5, 5.41) is 0. The number of hydrogen-bond donors (Lipinski definition) is 0. The fourth-order valence-corrected chi connectivity index (χ4v) is 4.04. The van der Waals surface area contributed by atoms with Gasteiger partial charge in [0.25, 0.3) is 0 Å². The molecule has 0 amide bonds. The lowest BCUT2D eigenvalue weighted by Gasteiger charge is -2.11. The molecule has 0 aliphatic heterocycles. The van der Waals surface area contributed by atoms with E-state index in [1.54, 1.807) is 12.4 Å². The SMILES string of the molecule is c1ccc(-n2c(COCc3nc4cccnc4n3-c3ccccc3)nc3cccnc32)cc1. The molecule has 0 bridgehead atoms. The van der Waals surface area contributed by atoms with Crippen LogP contribution in [0.1, 0.15) is 11.6 Å². The highest BCUT2D eigenvalue weighted by Crippen LogP contribution is 2.23. The van der Waals surface area contributed by atoms with Crippen molar-refractivity contribution in [2.45, 2.75) is 13.2 Å². The summed E-state index contributed by atoms with van der Waals surface area (Å²) in [7, 11) is 0. The Balaban J connectivity index is 1.34. The number of hydrogen-bond acceptors (Lipinski definition) is 5. The summed E-state index contributed by atoms with van der Waals surface area (Å²) >= 11 is 0. The first-order valence-electron chi connectivity index (χ1n) is 10.7. The van der Waals surface area contributed by atoms with E-state index in [4.69, 9.17) is 14.7 Å². The minimum atomic E-state index is 0.316. The van der Waals surface area contributed by atoms with E-state index >= 15 is 0 Å². The van der Waals surface area contributed by atoms with E-state index in [0.717, 1.165) is 45.4 Å². The Bertz CT molecular complexity index is 1420. The molecule has 0 spiro atoms. The normalized spacial score (nSPS) is 11.4. The summed E-state index contributed by atoms with van der Waals surface area (Å²) in [5.41, 5.74) is 5.28. The lowest BCUT2D eigenvalue weighted by molar-refractivity contribution is 0.0953. The summed E-state index contributed by atoms with van der Waals surface area (Å²) in [6.07, 6.45) is 3.56. The zero-order valence-corrected chi connectivity index (χ0v) is 17.7. The van der Waals surface area contributed by atoms with Gasteiger partial charge in [0.1, 0.15) is 35.9 Å². The molecule has 6 aromatic rings. The maximum atomic E-state index is 6.17. The Morgan fingerprint density at radius 3 is 1.45 bits per heavy atom. The fourth-order valence-electron chi connectivity index (χ4n) is 4.04. The Hall–Kier alpha value is -4.36. The van der Waals surface area contributed by atoms with Crippen molar-refractivity contribution in [2.24, 2.45) is 0 Å². The van der Waals surface area contributed by atoms with Crippen LogP contribution >= 0.6 is 0 Å². The number of para-hydroxylation sites is 2. The Kier molecular flexibility index (Phi) is 4.86. The lowest BCUT2D eigenvalue weighted by atomic mass is 10.3. The van der Waals surface area contributed by atoms with Crippen molar-refractivity contribution in [3.63, 3.8) is 0 Å². The molecule has 6 rings (SSSR count). The first-order chi connectivity index (χ1) is 16.4. The molecule has 0 aliphatic rings. The highest BCUT2D eigenvalue weighted by atomic mass is 16.5. The van der Waals surface area contributed by atoms with Gasteiger partial charge in [-0.25, -0.2) is 19.9 Å². The standard InChI is InChI=1S/C26H20N6O/c1-3-9-19(10-4-1)31-23(29-21-13-7-15-27-25(21)31)17-33-18-24-30-22-14-8-16-28-26(22)32(24)20-11-5-2-6-12-20/h1-16H,17-18H2. The van der Waals surface area contributed by atoms with E-state index in [2.05, 4.69) is 9.97 Å². The second kappa shape index (κ2) is 8.29. The van der Waals surface area contributed by atoms with Crippen LogP contribution in [0.25, 0.3) is 33.7 Å². The Labute approximate surface area is 190 Å². The van der Waals surface area contributed by atoms with Crippen LogP contribution in [0, 0.1) is 0 Å². The highest BCUT2D eigenvalue weighted by Gasteiger charge is 2.16. The van der Waals surface area contributed by atoms with Crippen LogP contribution in [0.5, 0.6) is 0 Å². The maximum absolute atomic E-state index is 6.17. The number of rotatable bonds is 6. The summed E-state index contributed by atoms with van der Waals surface area (Å²) in [4.78, 5) is 18.7. The van der Waals surface area contributed by atoms with Gasteiger partial charge in [-0.05, 0) is 48.5 Å². The minimum Gasteiger partial charge on any atom is -0.366 e. The van der Waals surface area contributed by atoms with Crippen molar-refractivity contribution < 1.29 is 4.74 Å². The predicted molar refractivity (Wildman–Crippen MR) is 126 cm³/mol. The average Bonchev–Trinajstić information content (AvgIpc) is 3.43. The van der Waals surface area contributed by atoms with Crippen LogP contribution in [0.3, 0.4) is 0 Å². The first-order valence-corrected chi connectivity index (χ1v) is 10.7. The van der Waals surface area contributed by atoms with Gasteiger partial charge >= 0.3 is 0 Å². The van der Waals surface area contributed by atoms with Crippen LogP contribution in [0.2, 0.25) is 0 Å². The van der Waals surface area contributed by atoms with Crippen LogP contribution < -0.4 is 0 Å². The van der Waals surface area contributed by atoms with E-state index in [1.165, 1.54) is 0 Å². The summed E-state index contributed by atoms with van der Waals surface area (Å²) in [6, 6.07) is 27.9. The van der Waals surface area contributed by atoms with Gasteiger partial charge in [-0.2, -0.15) is 0 Å². The minimum absolute atomic E-state index is 0.316. The van der Waals surface area contributed by atoms with E-state index < -0.39 is 0 Å². The summed E-state index contributed by atoms with van der Waals surface area (Å²) < 4.78 is 10.2. The molecular weight excluding hydrogens is 412 g/mol. The molecule has 4 heterocycles. The van der Waals surface area contributed by atoms with Crippen molar-refractivity contribution in [1.29, 1.82) is 0 Å². The zero-order chi connectivity index (χ0) is 22.0. The van der Waals surface area contributed by atoms with Gasteiger partial charge in [-0.3, -0.25) is 9.13 Å². The highest BCUT2D eigenvalue weighted by molar-refractivity contribution is 5.74. The van der Waals surface area contributed by atoms with Crippen molar-refractivity contribution in [1.82, 2.24) is 29.1 Å². The molecule has 0 radical (unpaired) electrons. The third-order valence-electron chi connectivity index (χ3n) is 5.46. The van der Waals surface area contributed by atoms with Crippen molar-refractivity contribution >= 4 is 22.3 Å². The van der Waals surface area contributed by atoms with Crippen LogP contribution in [0.4, 0.5) is 0 Å². The fraction of sp³-hybridized carbons (Fsp3) is 0.0769. The predicted octanol–water partition coefficient (Wildman–Crippen LogP) is 4.87. The van der Waals surface area contributed by atoms with Gasteiger partial charge in [0.2, 0.25) is 0 Å². The van der Waals surface area contributed by atoms with Gasteiger partial charge in [0, 0.05) is 23.8 Å². The molecule has 2 aromatic carbocycles. The molecule has 0 N–H and O–H groups in total. The Morgan fingerprint density at radius 2 is 1.00 bits per heavy atom. The smallest absolute Gasteiger partial charge is 0.164 e. The number of imidazole rings is 2. The topological polar surface area (TPSA) is 70.7 Å². The molecule has 160 valence electrons. The molecular formula is C26H20N6O. The maximum Gasteiger partial charge on any atom is 0.164 e. The van der Waals surface area contributed by atoms with E-state index in [0.29, 0.717) is 13.2 Å². The summed E-state index contributed by atoms with van der Waals surface area (Å²) in [6.45, 7) is 0.632. The third kappa shape index (κ3) is 3.54. The zero-order valence-electron chi connectivity index (χ0n) is 17.7. The van der Waals surface area contributed by atoms with E-state index in [9.17, 15) is 0 Å². The average molecular weight is 432 g/mol. The second-order valence-electron chi connectivity index (χ2n) is 7.58. The largest absolute Gasteiger partial charge is 0.366 e. The van der Waals surface area contributed by atoms with Gasteiger partial charge in [0.15, 0.2) is 11.3 Å². The molecule has 0 aliphatic carbocycles. The molecule has 0 saturated heterocycles. The third-order valence-corrected chi connectivity index (χ3v) is 5.46. The quantitative estimate of drug-likeness (QED) is 0.375. The van der Waals surface area contributed by atoms with Crippen LogP contribution in [-0.4, -0.2) is 29.1 Å². The Morgan fingerprint density at radius 1 is 0.545 bits per heavy atom. The number of pyridine rings is 2. The second-order valence-corrected chi connectivity index (χ2v) is 7.58. The van der Waals surface area contributed by atoms with Gasteiger partial charge < -0.3 is 4.74 Å². The molecule has 7 nitrogen and oxygen atoms in total. The molecule has 0 unspecified atom stereocenters. The summed E-state index contributed by atoms with van der Waals surface area (Å²) in [5.74, 6) is 1.57. The number of fused-ring (bicyclic) bond motifs is 2. The number of benzene rings is 2. The van der Waals surface area contributed by atoms with Crippen LogP contribution in [0.15, 0.2) is 97.3 Å². The van der Waals surface area contributed by atoms with Crippen molar-refractivity contribution in [3.05, 3.63) is 109 Å². The monoisotopic (exact) mass is 432 g/mol. The molecule has 7 heteroatoms. The number of ether oxygens (including phenoxy) is 1. The van der Waals surface area contributed by atoms with Crippen molar-refractivity contribution in [2.75, 3.05) is 0 Å². The molecule has 0 fully saturated rings. The van der Waals surface area contributed by atoms with E-state index in [-0.39, 0.29) is 0 Å². The number of nitrogens with zero attached hydrogens (tertiary/aromatic N) is 6. The van der Waals surface area contributed by atoms with Gasteiger partial charge in [-0.1, -0.05) is 36.4 Å². The first kappa shape index (κ1) is 19.3. The molecule has 33 heavy (non-hydrogen) atoms. The van der Waals surface area contributed by atoms with Gasteiger partial charge in [0.05, 0.1) is 0 Å². The van der Waals surface area contributed by atoms with Gasteiger partial charge in [-0.15, -0.1) is 0 Å². The van der Waals surface area contributed by atoms with Crippen molar-refractivity contribution in [3.8, 4) is 11.4 Å².